The van der Waals surface area contributed by atoms with Crippen molar-refractivity contribution >= 4 is 30.0 Å². The van der Waals surface area contributed by atoms with Gasteiger partial charge in [-0.3, -0.25) is 9.48 Å². The molecule has 1 aromatic rings. The molecule has 1 saturated heterocycles. The molecule has 1 amide bonds. The molecule has 0 bridgehead atoms. The first kappa shape index (κ1) is 22.4. The van der Waals surface area contributed by atoms with Gasteiger partial charge in [0.2, 0.25) is 5.91 Å². The van der Waals surface area contributed by atoms with Gasteiger partial charge in [-0.1, -0.05) is 6.92 Å². The number of rotatable bonds is 7. The second-order valence-corrected chi connectivity index (χ2v) is 7.29. The van der Waals surface area contributed by atoms with Crippen molar-refractivity contribution in [3.63, 3.8) is 0 Å². The maximum absolute atomic E-state index is 12.3. The second-order valence-electron chi connectivity index (χ2n) is 7.29. The van der Waals surface area contributed by atoms with Crippen LogP contribution in [0.15, 0.2) is 12.4 Å². The SMILES string of the molecule is CCOC(=O)C(C)(C)n1cc(NC(=O)CC(C)C2CCCNC2)cn1.Cl. The van der Waals surface area contributed by atoms with E-state index in [1.165, 1.54) is 17.5 Å². The standard InChI is InChI=1S/C18H30N4O3.ClH/c1-5-25-17(24)18(3,4)22-12-15(11-20-22)21-16(23)9-13(2)14-7-6-8-19-10-14;/h11-14,19H,5-10H2,1-4H3,(H,21,23);1H. The molecule has 7 nitrogen and oxygen atoms in total. The van der Waals surface area contributed by atoms with Crippen LogP contribution in [0, 0.1) is 11.8 Å². The van der Waals surface area contributed by atoms with E-state index in [0.29, 0.717) is 30.6 Å². The van der Waals surface area contributed by atoms with Crippen molar-refractivity contribution in [3.8, 4) is 0 Å². The summed E-state index contributed by atoms with van der Waals surface area (Å²) < 4.78 is 6.60. The van der Waals surface area contributed by atoms with Gasteiger partial charge in [0, 0.05) is 12.6 Å². The van der Waals surface area contributed by atoms with E-state index in [-0.39, 0.29) is 24.3 Å². The molecular weight excluding hydrogens is 356 g/mol. The summed E-state index contributed by atoms with van der Waals surface area (Å²) in [4.78, 5) is 24.3. The number of hydrogen-bond acceptors (Lipinski definition) is 5. The Hall–Kier alpha value is -1.60. The number of carbonyl (C=O) groups excluding carboxylic acids is 2. The molecule has 148 valence electrons. The van der Waals surface area contributed by atoms with Gasteiger partial charge in [-0.2, -0.15) is 5.10 Å². The van der Waals surface area contributed by atoms with Crippen molar-refractivity contribution in [1.29, 1.82) is 0 Å². The Morgan fingerprint density at radius 1 is 1.50 bits per heavy atom. The molecule has 0 aliphatic carbocycles. The van der Waals surface area contributed by atoms with E-state index in [4.69, 9.17) is 4.74 Å². The first-order valence-electron chi connectivity index (χ1n) is 9.07. The highest BCUT2D eigenvalue weighted by Gasteiger charge is 2.32. The Bertz CT molecular complexity index is 597. The fourth-order valence-corrected chi connectivity index (χ4v) is 3.13. The predicted molar refractivity (Wildman–Crippen MR) is 103 cm³/mol. The fraction of sp³-hybridized carbons (Fsp3) is 0.722. The molecule has 0 spiro atoms. The summed E-state index contributed by atoms with van der Waals surface area (Å²) >= 11 is 0. The van der Waals surface area contributed by atoms with Gasteiger partial charge in [-0.15, -0.1) is 12.4 Å². The van der Waals surface area contributed by atoms with Crippen LogP contribution in [0.25, 0.3) is 0 Å². The van der Waals surface area contributed by atoms with E-state index in [1.54, 1.807) is 33.2 Å². The second kappa shape index (κ2) is 9.92. The van der Waals surface area contributed by atoms with Crippen molar-refractivity contribution in [2.24, 2.45) is 11.8 Å². The zero-order valence-electron chi connectivity index (χ0n) is 16.1. The summed E-state index contributed by atoms with van der Waals surface area (Å²) in [7, 11) is 0. The first-order chi connectivity index (χ1) is 11.8. The number of halogens is 1. The lowest BCUT2D eigenvalue weighted by Gasteiger charge is -2.27. The van der Waals surface area contributed by atoms with E-state index in [0.717, 1.165) is 13.1 Å². The minimum Gasteiger partial charge on any atom is -0.464 e. The third-order valence-corrected chi connectivity index (χ3v) is 4.86. The van der Waals surface area contributed by atoms with Gasteiger partial charge < -0.3 is 15.4 Å². The molecule has 8 heteroatoms. The molecule has 26 heavy (non-hydrogen) atoms. The van der Waals surface area contributed by atoms with Crippen molar-refractivity contribution in [1.82, 2.24) is 15.1 Å². The van der Waals surface area contributed by atoms with Crippen LogP contribution in [-0.2, 0) is 19.9 Å². The fourth-order valence-electron chi connectivity index (χ4n) is 3.13. The molecule has 0 aromatic carbocycles. The molecule has 1 aliphatic heterocycles. The van der Waals surface area contributed by atoms with Crippen LogP contribution >= 0.6 is 12.4 Å². The lowest BCUT2D eigenvalue weighted by Crippen LogP contribution is -2.37. The summed E-state index contributed by atoms with van der Waals surface area (Å²) in [6, 6.07) is 0. The summed E-state index contributed by atoms with van der Waals surface area (Å²) in [6.45, 7) is 9.76. The van der Waals surface area contributed by atoms with E-state index in [2.05, 4.69) is 22.7 Å². The van der Waals surface area contributed by atoms with Crippen LogP contribution in [0.3, 0.4) is 0 Å². The highest BCUT2D eigenvalue weighted by molar-refractivity contribution is 5.90. The normalized spacial score (nSPS) is 18.5. The van der Waals surface area contributed by atoms with Crippen molar-refractivity contribution in [2.75, 3.05) is 25.0 Å². The molecule has 2 N–H and O–H groups in total. The number of esters is 1. The van der Waals surface area contributed by atoms with Gasteiger partial charge in [0.05, 0.1) is 18.5 Å². The van der Waals surface area contributed by atoms with Gasteiger partial charge in [-0.05, 0) is 58.5 Å². The summed E-state index contributed by atoms with van der Waals surface area (Å²) in [5.41, 5.74) is -0.323. The topological polar surface area (TPSA) is 85.2 Å². The molecular formula is C18H31ClN4O3. The van der Waals surface area contributed by atoms with E-state index < -0.39 is 5.54 Å². The molecule has 1 fully saturated rings. The average molecular weight is 387 g/mol. The predicted octanol–water partition coefficient (Wildman–Crippen LogP) is 2.57. The van der Waals surface area contributed by atoms with Gasteiger partial charge in [0.1, 0.15) is 0 Å². The van der Waals surface area contributed by atoms with Crippen LogP contribution in [0.1, 0.15) is 47.0 Å². The van der Waals surface area contributed by atoms with Gasteiger partial charge in [0.15, 0.2) is 5.54 Å². The molecule has 0 radical (unpaired) electrons. The zero-order chi connectivity index (χ0) is 18.4. The lowest BCUT2D eigenvalue weighted by atomic mass is 9.85. The molecule has 2 atom stereocenters. The maximum atomic E-state index is 12.3. The van der Waals surface area contributed by atoms with E-state index in [9.17, 15) is 9.59 Å². The van der Waals surface area contributed by atoms with Crippen molar-refractivity contribution in [3.05, 3.63) is 12.4 Å². The van der Waals surface area contributed by atoms with Gasteiger partial charge >= 0.3 is 5.97 Å². The number of nitrogens with one attached hydrogen (secondary N) is 2. The molecule has 0 saturated carbocycles. The van der Waals surface area contributed by atoms with Crippen LogP contribution in [0.5, 0.6) is 0 Å². The number of hydrogen-bond donors (Lipinski definition) is 2. The lowest BCUT2D eigenvalue weighted by molar-refractivity contribution is -0.152. The highest BCUT2D eigenvalue weighted by atomic mass is 35.5. The summed E-state index contributed by atoms with van der Waals surface area (Å²) in [5, 5.41) is 10.5. The zero-order valence-corrected chi connectivity index (χ0v) is 16.9. The quantitative estimate of drug-likeness (QED) is 0.703. The number of aromatic nitrogens is 2. The smallest absolute Gasteiger partial charge is 0.333 e. The molecule has 1 aliphatic rings. The van der Waals surface area contributed by atoms with Gasteiger partial charge in [-0.25, -0.2) is 4.79 Å². The molecule has 2 unspecified atom stereocenters. The maximum Gasteiger partial charge on any atom is 0.333 e. The Balaban J connectivity index is 0.00000338. The van der Waals surface area contributed by atoms with Crippen molar-refractivity contribution < 1.29 is 14.3 Å². The number of ether oxygens (including phenoxy) is 1. The highest BCUT2D eigenvalue weighted by Crippen LogP contribution is 2.23. The number of nitrogens with zero attached hydrogens (tertiary/aromatic N) is 2. The number of anilines is 1. The summed E-state index contributed by atoms with van der Waals surface area (Å²) in [5.74, 6) is 0.504. The number of amides is 1. The minimum absolute atomic E-state index is 0. The molecule has 2 rings (SSSR count). The number of carbonyl (C=O) groups is 2. The largest absolute Gasteiger partial charge is 0.464 e. The van der Waals surface area contributed by atoms with Crippen LogP contribution in [0.4, 0.5) is 5.69 Å². The Morgan fingerprint density at radius 3 is 2.85 bits per heavy atom. The minimum atomic E-state index is -0.917. The monoisotopic (exact) mass is 386 g/mol. The number of piperidine rings is 1. The van der Waals surface area contributed by atoms with Crippen LogP contribution in [-0.4, -0.2) is 41.4 Å². The van der Waals surface area contributed by atoms with Crippen molar-refractivity contribution in [2.45, 2.75) is 52.5 Å². The van der Waals surface area contributed by atoms with E-state index in [1.807, 2.05) is 0 Å². The van der Waals surface area contributed by atoms with Gasteiger partial charge in [0.25, 0.3) is 0 Å². The van der Waals surface area contributed by atoms with E-state index >= 15 is 0 Å². The Kier molecular flexibility index (Phi) is 8.56. The molecule has 1 aromatic heterocycles. The molecule has 2 heterocycles. The Labute approximate surface area is 161 Å². The average Bonchev–Trinajstić information content (AvgIpc) is 3.05. The van der Waals surface area contributed by atoms with Crippen LogP contribution < -0.4 is 10.6 Å². The summed E-state index contributed by atoms with van der Waals surface area (Å²) in [6.07, 6.45) is 6.06. The van der Waals surface area contributed by atoms with Crippen LogP contribution in [0.2, 0.25) is 0 Å². The first-order valence-corrected chi connectivity index (χ1v) is 9.07. The Morgan fingerprint density at radius 2 is 2.23 bits per heavy atom. The third kappa shape index (κ3) is 5.71. The third-order valence-electron chi connectivity index (χ3n) is 4.86.